The van der Waals surface area contributed by atoms with Crippen molar-refractivity contribution < 1.29 is 47.1 Å². The lowest BCUT2D eigenvalue weighted by Gasteiger charge is -2.32. The van der Waals surface area contributed by atoms with Gasteiger partial charge in [-0.15, -0.1) is 0 Å². The molecule has 1 aliphatic heterocycles. The maximum Gasteiger partial charge on any atom is 0.338 e. The number of benzene rings is 1. The Labute approximate surface area is 210 Å². The van der Waals surface area contributed by atoms with Crippen molar-refractivity contribution in [2.75, 3.05) is 12.8 Å². The number of phosphoric acid groups is 1. The van der Waals surface area contributed by atoms with Crippen LogP contribution in [0.5, 0.6) is 0 Å². The first-order valence-corrected chi connectivity index (χ1v) is 14.5. The minimum atomic E-state index is -5.39. The first-order valence-electron chi connectivity index (χ1n) is 11.3. The standard InChI is InChI=1S/C21H28N2O12P2/c1-2-3-7-12-36(28,29)35-37(30,31)32-13-15-17(25)18(34-20(26)14-8-5-4-6-9-14)19(33-15)23-11-10-16(24)22-21(23)27/h4-6,8-11,15,17-19,25H,2-3,7,12-13H2,1H3,(H,28,29)(H,30,31)(H,22,24,27)/p-2/t15-,17?,18+,19-/m1/s1. The van der Waals surface area contributed by atoms with Crippen LogP contribution in [0.15, 0.2) is 52.2 Å². The van der Waals surface area contributed by atoms with Gasteiger partial charge < -0.3 is 33.5 Å². The summed E-state index contributed by atoms with van der Waals surface area (Å²) in [6.07, 6.45) is -4.27. The Morgan fingerprint density at radius 2 is 1.86 bits per heavy atom. The summed E-state index contributed by atoms with van der Waals surface area (Å²) in [7, 11) is -10.1. The summed E-state index contributed by atoms with van der Waals surface area (Å²) in [5.41, 5.74) is -1.55. The summed E-state index contributed by atoms with van der Waals surface area (Å²) in [5, 5.41) is 10.8. The fraction of sp³-hybridized carbons (Fsp3) is 0.476. The number of aromatic nitrogens is 2. The molecule has 1 aromatic carbocycles. The molecule has 2 aromatic rings. The van der Waals surface area contributed by atoms with Crippen molar-refractivity contribution in [3.05, 3.63) is 69.0 Å². The van der Waals surface area contributed by atoms with Crippen molar-refractivity contribution in [3.63, 3.8) is 0 Å². The molecular formula is C21H26N2O12P2-2. The fourth-order valence-corrected chi connectivity index (χ4v) is 6.21. The Hall–Kier alpha value is -2.41. The summed E-state index contributed by atoms with van der Waals surface area (Å²) in [6.45, 7) is 0.912. The highest BCUT2D eigenvalue weighted by Crippen LogP contribution is 2.55. The molecule has 0 bridgehead atoms. The number of nitrogens with one attached hydrogen (secondary N) is 1. The highest BCUT2D eigenvalue weighted by molar-refractivity contribution is 7.62. The van der Waals surface area contributed by atoms with E-state index in [2.05, 4.69) is 8.83 Å². The molecule has 204 valence electrons. The number of aliphatic hydroxyl groups excluding tert-OH is 1. The van der Waals surface area contributed by atoms with Crippen LogP contribution in [0.2, 0.25) is 0 Å². The molecule has 16 heteroatoms. The molecular weight excluding hydrogens is 534 g/mol. The number of aromatic amines is 1. The molecule has 0 radical (unpaired) electrons. The highest BCUT2D eigenvalue weighted by atomic mass is 31.3. The monoisotopic (exact) mass is 560 g/mol. The predicted octanol–water partition coefficient (Wildman–Crippen LogP) is 0.266. The Kier molecular flexibility index (Phi) is 9.79. The molecule has 2 heterocycles. The van der Waals surface area contributed by atoms with Gasteiger partial charge in [0.25, 0.3) is 13.4 Å². The number of unbranched alkanes of at least 4 members (excludes halogenated alkanes) is 2. The maximum atomic E-state index is 12.6. The quantitative estimate of drug-likeness (QED) is 0.204. The second kappa shape index (κ2) is 12.4. The number of phosphoric ester groups is 1. The number of carbonyl (C=O) groups is 1. The second-order valence-electron chi connectivity index (χ2n) is 8.18. The van der Waals surface area contributed by atoms with Crippen molar-refractivity contribution in [2.24, 2.45) is 0 Å². The number of hydrogen-bond acceptors (Lipinski definition) is 12. The molecule has 1 saturated heterocycles. The van der Waals surface area contributed by atoms with Gasteiger partial charge in [0.2, 0.25) is 0 Å². The molecule has 14 nitrogen and oxygen atoms in total. The first kappa shape index (κ1) is 29.2. The van der Waals surface area contributed by atoms with E-state index in [1.807, 2.05) is 11.9 Å². The van der Waals surface area contributed by atoms with Crippen molar-refractivity contribution in [1.29, 1.82) is 0 Å². The third-order valence-corrected chi connectivity index (χ3v) is 8.47. The van der Waals surface area contributed by atoms with Gasteiger partial charge in [-0.05, 0) is 18.6 Å². The molecule has 6 atom stereocenters. The summed E-state index contributed by atoms with van der Waals surface area (Å²) in [5.74, 6) is -0.880. The van der Waals surface area contributed by atoms with Gasteiger partial charge in [-0.25, -0.2) is 9.59 Å². The number of nitrogens with zero attached hydrogens (tertiary/aromatic N) is 1. The lowest BCUT2D eigenvalue weighted by molar-refractivity contribution is -0.234. The average Bonchev–Trinajstić information content (AvgIpc) is 3.12. The topological polar surface area (TPSA) is 209 Å². The van der Waals surface area contributed by atoms with E-state index in [0.29, 0.717) is 12.8 Å². The summed E-state index contributed by atoms with van der Waals surface area (Å²) < 4.78 is 44.7. The van der Waals surface area contributed by atoms with E-state index in [0.717, 1.165) is 16.8 Å². The van der Waals surface area contributed by atoms with E-state index in [1.165, 1.54) is 12.1 Å². The van der Waals surface area contributed by atoms with E-state index in [9.17, 15) is 38.4 Å². The number of carbonyl (C=O) groups excluding carboxylic acids is 1. The normalized spacial score (nSPS) is 24.8. The Morgan fingerprint density at radius 1 is 1.16 bits per heavy atom. The molecule has 1 aliphatic rings. The van der Waals surface area contributed by atoms with Gasteiger partial charge >= 0.3 is 11.7 Å². The van der Waals surface area contributed by atoms with Gasteiger partial charge in [0.15, 0.2) is 12.3 Å². The predicted molar refractivity (Wildman–Crippen MR) is 124 cm³/mol. The minimum Gasteiger partial charge on any atom is -0.778 e. The number of esters is 1. The molecule has 0 saturated carbocycles. The molecule has 37 heavy (non-hydrogen) atoms. The van der Waals surface area contributed by atoms with Crippen LogP contribution in [0.25, 0.3) is 0 Å². The van der Waals surface area contributed by atoms with Crippen molar-refractivity contribution in [2.45, 2.75) is 50.7 Å². The number of rotatable bonds is 12. The van der Waals surface area contributed by atoms with Gasteiger partial charge in [0.05, 0.1) is 12.2 Å². The van der Waals surface area contributed by atoms with E-state index >= 15 is 0 Å². The van der Waals surface area contributed by atoms with Gasteiger partial charge in [-0.3, -0.25) is 23.2 Å². The number of ether oxygens (including phenoxy) is 2. The van der Waals surface area contributed by atoms with Gasteiger partial charge in [0.1, 0.15) is 19.8 Å². The smallest absolute Gasteiger partial charge is 0.338 e. The zero-order chi connectivity index (χ0) is 27.2. The molecule has 0 spiro atoms. The third-order valence-electron chi connectivity index (χ3n) is 5.35. The molecule has 2 N–H and O–H groups in total. The highest BCUT2D eigenvalue weighted by Gasteiger charge is 2.48. The summed E-state index contributed by atoms with van der Waals surface area (Å²) in [4.78, 5) is 62.4. The van der Waals surface area contributed by atoms with E-state index < -0.39 is 69.9 Å². The van der Waals surface area contributed by atoms with E-state index in [4.69, 9.17) is 9.47 Å². The molecule has 1 aromatic heterocycles. The number of H-pyrrole nitrogens is 1. The van der Waals surface area contributed by atoms with Crippen LogP contribution in [-0.2, 0) is 27.4 Å². The van der Waals surface area contributed by atoms with E-state index in [-0.39, 0.29) is 12.0 Å². The molecule has 1 fully saturated rings. The van der Waals surface area contributed by atoms with Crippen LogP contribution >= 0.6 is 15.4 Å². The molecule has 0 aliphatic carbocycles. The van der Waals surface area contributed by atoms with Crippen molar-refractivity contribution in [1.82, 2.24) is 9.55 Å². The van der Waals surface area contributed by atoms with Gasteiger partial charge in [-0.2, -0.15) is 0 Å². The fourth-order valence-electron chi connectivity index (χ4n) is 3.54. The second-order valence-corrected chi connectivity index (χ2v) is 11.7. The van der Waals surface area contributed by atoms with Crippen LogP contribution in [0.3, 0.4) is 0 Å². The van der Waals surface area contributed by atoms with Crippen LogP contribution < -0.4 is 21.0 Å². The largest absolute Gasteiger partial charge is 0.778 e. The first-order chi connectivity index (χ1) is 17.4. The van der Waals surface area contributed by atoms with Crippen LogP contribution in [0, 0.1) is 0 Å². The molecule has 3 unspecified atom stereocenters. The molecule has 3 rings (SSSR count). The van der Waals surface area contributed by atoms with Crippen LogP contribution in [-0.4, -0.2) is 51.7 Å². The lowest BCUT2D eigenvalue weighted by Crippen LogP contribution is -2.40. The van der Waals surface area contributed by atoms with Crippen LogP contribution in [0.1, 0.15) is 42.8 Å². The zero-order valence-corrected chi connectivity index (χ0v) is 21.5. The van der Waals surface area contributed by atoms with Crippen LogP contribution in [0.4, 0.5) is 0 Å². The van der Waals surface area contributed by atoms with Gasteiger partial charge in [-0.1, -0.05) is 38.0 Å². The SMILES string of the molecule is CCCCCP(=O)([O-])OP(=O)([O-])OC[C@H]1O[C@@H](n2ccc(=O)[nH]c2=O)[C@@H](OC(=O)c2ccccc2)C1O. The van der Waals surface area contributed by atoms with Gasteiger partial charge in [0, 0.05) is 18.4 Å². The average molecular weight is 560 g/mol. The summed E-state index contributed by atoms with van der Waals surface area (Å²) >= 11 is 0. The van der Waals surface area contributed by atoms with Crippen molar-refractivity contribution >= 4 is 21.4 Å². The number of aliphatic hydroxyl groups is 1. The Morgan fingerprint density at radius 3 is 2.51 bits per heavy atom. The third kappa shape index (κ3) is 8.03. The molecule has 0 amide bonds. The minimum absolute atomic E-state index is 0.119. The summed E-state index contributed by atoms with van der Waals surface area (Å²) in [6, 6.07) is 8.68. The lowest BCUT2D eigenvalue weighted by atomic mass is 10.1. The Bertz CT molecular complexity index is 1280. The Balaban J connectivity index is 1.77. The number of hydrogen-bond donors (Lipinski definition) is 2. The van der Waals surface area contributed by atoms with Crippen molar-refractivity contribution in [3.8, 4) is 0 Å². The van der Waals surface area contributed by atoms with E-state index in [1.54, 1.807) is 18.2 Å². The maximum absolute atomic E-state index is 12.6. The zero-order valence-electron chi connectivity index (χ0n) is 19.7.